The van der Waals surface area contributed by atoms with Crippen LogP contribution in [0.5, 0.6) is 0 Å². The van der Waals surface area contributed by atoms with Gasteiger partial charge in [0.2, 0.25) is 0 Å². The molecule has 21 heavy (non-hydrogen) atoms. The first kappa shape index (κ1) is 17.4. The highest BCUT2D eigenvalue weighted by Gasteiger charge is 2.30. The third-order valence-electron chi connectivity index (χ3n) is 6.67. The van der Waals surface area contributed by atoms with Gasteiger partial charge in [0.25, 0.3) is 0 Å². The predicted molar refractivity (Wildman–Crippen MR) is 94.6 cm³/mol. The molecule has 0 heterocycles. The summed E-state index contributed by atoms with van der Waals surface area (Å²) in [5.41, 5.74) is 0. The lowest BCUT2D eigenvalue weighted by molar-refractivity contribution is 0.134. The van der Waals surface area contributed by atoms with E-state index in [1.165, 1.54) is 44.9 Å². The van der Waals surface area contributed by atoms with Crippen LogP contribution in [0, 0.1) is 23.7 Å². The maximum atomic E-state index is 2.39. The van der Waals surface area contributed by atoms with E-state index < -0.39 is 0 Å². The molecule has 0 amide bonds. The fraction of sp³-hybridized carbons (Fsp3) is 1.00. The van der Waals surface area contributed by atoms with Gasteiger partial charge in [0.1, 0.15) is 0 Å². The van der Waals surface area contributed by atoms with Crippen LogP contribution in [-0.2, 0) is 0 Å². The normalized spacial score (nSPS) is 34.0. The van der Waals surface area contributed by atoms with E-state index in [2.05, 4.69) is 13.8 Å². The molecule has 2 atom stereocenters. The SMILES string of the molecule is CCCCCCC[C@@H]1CCC[C@@H]([C@H]2CC[C@@H](CC)CC2)C1. The molecule has 2 aliphatic carbocycles. The highest BCUT2D eigenvalue weighted by atomic mass is 14.4. The Morgan fingerprint density at radius 2 is 1.43 bits per heavy atom. The molecule has 0 aromatic heterocycles. The topological polar surface area (TPSA) is 0 Å². The van der Waals surface area contributed by atoms with Crippen molar-refractivity contribution in [3.05, 3.63) is 0 Å². The average molecular weight is 293 g/mol. The quantitative estimate of drug-likeness (QED) is 0.410. The predicted octanol–water partition coefficient (Wildman–Crippen LogP) is 7.37. The van der Waals surface area contributed by atoms with Crippen molar-refractivity contribution in [1.29, 1.82) is 0 Å². The van der Waals surface area contributed by atoms with Gasteiger partial charge in [-0.25, -0.2) is 0 Å². The van der Waals surface area contributed by atoms with Gasteiger partial charge >= 0.3 is 0 Å². The first-order valence-corrected chi connectivity index (χ1v) is 10.3. The van der Waals surface area contributed by atoms with Crippen LogP contribution in [0.4, 0.5) is 0 Å². The van der Waals surface area contributed by atoms with Crippen LogP contribution in [0.15, 0.2) is 0 Å². The third-order valence-corrected chi connectivity index (χ3v) is 6.67. The van der Waals surface area contributed by atoms with Crippen molar-refractivity contribution in [2.24, 2.45) is 23.7 Å². The molecule has 0 unspecified atom stereocenters. The monoisotopic (exact) mass is 292 g/mol. The summed E-state index contributed by atoms with van der Waals surface area (Å²) in [5, 5.41) is 0. The van der Waals surface area contributed by atoms with Crippen molar-refractivity contribution in [2.75, 3.05) is 0 Å². The Kier molecular flexibility index (Phi) is 8.19. The summed E-state index contributed by atoms with van der Waals surface area (Å²) in [7, 11) is 0. The average Bonchev–Trinajstić information content (AvgIpc) is 2.55. The van der Waals surface area contributed by atoms with E-state index in [0.717, 1.165) is 23.7 Å². The molecular weight excluding hydrogens is 252 g/mol. The number of hydrogen-bond donors (Lipinski definition) is 0. The van der Waals surface area contributed by atoms with Gasteiger partial charge < -0.3 is 0 Å². The van der Waals surface area contributed by atoms with Gasteiger partial charge in [-0.2, -0.15) is 0 Å². The molecule has 0 heteroatoms. The highest BCUT2D eigenvalue weighted by Crippen LogP contribution is 2.43. The molecular formula is C21H40. The Balaban J connectivity index is 1.64. The lowest BCUT2D eigenvalue weighted by atomic mass is 9.68. The summed E-state index contributed by atoms with van der Waals surface area (Å²) in [6, 6.07) is 0. The van der Waals surface area contributed by atoms with Crippen molar-refractivity contribution in [3.8, 4) is 0 Å². The summed E-state index contributed by atoms with van der Waals surface area (Å²) in [6.07, 6.45) is 22.7. The molecule has 0 spiro atoms. The van der Waals surface area contributed by atoms with Crippen molar-refractivity contribution in [1.82, 2.24) is 0 Å². The Morgan fingerprint density at radius 3 is 2.14 bits per heavy atom. The maximum absolute atomic E-state index is 2.39. The van der Waals surface area contributed by atoms with E-state index in [4.69, 9.17) is 0 Å². The summed E-state index contributed by atoms with van der Waals surface area (Å²) < 4.78 is 0. The Bertz CT molecular complexity index is 249. The fourth-order valence-electron chi connectivity index (χ4n) is 5.13. The molecule has 2 saturated carbocycles. The second kappa shape index (κ2) is 9.90. The minimum atomic E-state index is 1.07. The number of hydrogen-bond acceptors (Lipinski definition) is 0. The maximum Gasteiger partial charge on any atom is -0.0383 e. The van der Waals surface area contributed by atoms with E-state index in [1.54, 1.807) is 51.4 Å². The summed E-state index contributed by atoms with van der Waals surface area (Å²) in [5.74, 6) is 4.38. The van der Waals surface area contributed by atoms with Crippen LogP contribution in [0.25, 0.3) is 0 Å². The second-order valence-electron chi connectivity index (χ2n) is 8.18. The summed E-state index contributed by atoms with van der Waals surface area (Å²) in [4.78, 5) is 0. The van der Waals surface area contributed by atoms with Gasteiger partial charge in [-0.1, -0.05) is 90.9 Å². The fourth-order valence-corrected chi connectivity index (χ4v) is 5.13. The molecule has 2 fully saturated rings. The third kappa shape index (κ3) is 5.95. The van der Waals surface area contributed by atoms with Crippen LogP contribution in [0.2, 0.25) is 0 Å². The molecule has 0 bridgehead atoms. The summed E-state index contributed by atoms with van der Waals surface area (Å²) in [6.45, 7) is 4.71. The highest BCUT2D eigenvalue weighted by molar-refractivity contribution is 4.82. The van der Waals surface area contributed by atoms with E-state index >= 15 is 0 Å². The van der Waals surface area contributed by atoms with E-state index in [-0.39, 0.29) is 0 Å². The Labute approximate surface area is 134 Å². The minimum Gasteiger partial charge on any atom is -0.0654 e. The zero-order valence-electron chi connectivity index (χ0n) is 14.9. The molecule has 0 saturated heterocycles. The van der Waals surface area contributed by atoms with Gasteiger partial charge in [-0.15, -0.1) is 0 Å². The largest absolute Gasteiger partial charge is 0.0654 e. The van der Waals surface area contributed by atoms with Gasteiger partial charge in [-0.05, 0) is 42.9 Å². The minimum absolute atomic E-state index is 1.07. The van der Waals surface area contributed by atoms with Gasteiger partial charge in [0.05, 0.1) is 0 Å². The lowest BCUT2D eigenvalue weighted by Crippen LogP contribution is -2.26. The van der Waals surface area contributed by atoms with Crippen LogP contribution in [-0.4, -0.2) is 0 Å². The Morgan fingerprint density at radius 1 is 0.667 bits per heavy atom. The first-order valence-electron chi connectivity index (χ1n) is 10.3. The van der Waals surface area contributed by atoms with Crippen LogP contribution >= 0.6 is 0 Å². The molecule has 124 valence electrons. The van der Waals surface area contributed by atoms with Crippen molar-refractivity contribution in [3.63, 3.8) is 0 Å². The van der Waals surface area contributed by atoms with Crippen molar-refractivity contribution >= 4 is 0 Å². The molecule has 0 nitrogen and oxygen atoms in total. The van der Waals surface area contributed by atoms with Gasteiger partial charge in [0, 0.05) is 0 Å². The molecule has 0 aromatic rings. The molecule has 2 rings (SSSR count). The zero-order valence-corrected chi connectivity index (χ0v) is 14.9. The molecule has 2 aliphatic rings. The van der Waals surface area contributed by atoms with E-state index in [0.29, 0.717) is 0 Å². The van der Waals surface area contributed by atoms with E-state index in [9.17, 15) is 0 Å². The zero-order chi connectivity index (χ0) is 14.9. The second-order valence-corrected chi connectivity index (χ2v) is 8.18. The number of rotatable bonds is 8. The molecule has 0 N–H and O–H groups in total. The standard InChI is InChI=1S/C21H40/c1-3-5-6-7-8-10-19-11-9-12-21(17-19)20-15-13-18(4-2)14-16-20/h18-21H,3-17H2,1-2H3/t18-,19-,20+,21-/m1/s1. The molecule has 0 aliphatic heterocycles. The molecule has 0 aromatic carbocycles. The number of unbranched alkanes of at least 4 members (excludes halogenated alkanes) is 4. The van der Waals surface area contributed by atoms with Crippen LogP contribution < -0.4 is 0 Å². The summed E-state index contributed by atoms with van der Waals surface area (Å²) >= 11 is 0. The smallest absolute Gasteiger partial charge is 0.0383 e. The van der Waals surface area contributed by atoms with Crippen molar-refractivity contribution in [2.45, 2.75) is 110 Å². The van der Waals surface area contributed by atoms with Gasteiger partial charge in [0.15, 0.2) is 0 Å². The van der Waals surface area contributed by atoms with Crippen molar-refractivity contribution < 1.29 is 0 Å². The van der Waals surface area contributed by atoms with Crippen LogP contribution in [0.3, 0.4) is 0 Å². The lowest BCUT2D eigenvalue weighted by Gasteiger charge is -2.38. The molecule has 0 radical (unpaired) electrons. The van der Waals surface area contributed by atoms with E-state index in [1.807, 2.05) is 0 Å². The Hall–Kier alpha value is 0. The van der Waals surface area contributed by atoms with Gasteiger partial charge in [-0.3, -0.25) is 0 Å². The van der Waals surface area contributed by atoms with Crippen LogP contribution in [0.1, 0.15) is 110 Å². The first-order chi connectivity index (χ1) is 10.3.